The number of hydrogen-bond acceptors (Lipinski definition) is 2. The molecule has 0 spiro atoms. The van der Waals surface area contributed by atoms with Crippen molar-refractivity contribution in [2.75, 3.05) is 0 Å². The molecule has 0 unspecified atom stereocenters. The Balaban J connectivity index is 1.64. The van der Waals surface area contributed by atoms with Crippen LogP contribution >= 0.6 is 0 Å². The number of rotatable bonds is 4. The van der Waals surface area contributed by atoms with Crippen molar-refractivity contribution in [1.82, 2.24) is 5.32 Å². The van der Waals surface area contributed by atoms with Crippen molar-refractivity contribution < 1.29 is 14.7 Å². The van der Waals surface area contributed by atoms with E-state index in [0.29, 0.717) is 6.54 Å². The summed E-state index contributed by atoms with van der Waals surface area (Å²) in [6, 6.07) is 8.01. The summed E-state index contributed by atoms with van der Waals surface area (Å²) in [6.07, 6.45) is 2.86. The standard InChI is InChI=1S/C17H21NO3/c1-10-2-4-11(5-3-10)9-18-16(19)14-12-6-7-13(8-12)15(14)17(20)21/h2-5,12-15H,6-9H2,1H3,(H,18,19)(H,20,21)/t12-,13-,14-,15+/m0/s1. The molecule has 2 saturated carbocycles. The zero-order valence-electron chi connectivity index (χ0n) is 12.2. The van der Waals surface area contributed by atoms with Crippen LogP contribution in [-0.2, 0) is 16.1 Å². The number of benzene rings is 1. The molecule has 1 amide bonds. The maximum absolute atomic E-state index is 12.4. The average molecular weight is 287 g/mol. The molecule has 0 aliphatic heterocycles. The van der Waals surface area contributed by atoms with Crippen LogP contribution in [0.4, 0.5) is 0 Å². The lowest BCUT2D eigenvalue weighted by molar-refractivity contribution is -0.149. The fraction of sp³-hybridized carbons (Fsp3) is 0.529. The van der Waals surface area contributed by atoms with Gasteiger partial charge >= 0.3 is 5.97 Å². The number of carbonyl (C=O) groups is 2. The van der Waals surface area contributed by atoms with Gasteiger partial charge in [-0.3, -0.25) is 9.59 Å². The molecule has 112 valence electrons. The Morgan fingerprint density at radius 3 is 2.38 bits per heavy atom. The smallest absolute Gasteiger partial charge is 0.307 e. The summed E-state index contributed by atoms with van der Waals surface area (Å²) in [4.78, 5) is 23.9. The first-order valence-electron chi connectivity index (χ1n) is 7.62. The summed E-state index contributed by atoms with van der Waals surface area (Å²) in [5.74, 6) is -1.27. The lowest BCUT2D eigenvalue weighted by atomic mass is 9.78. The van der Waals surface area contributed by atoms with E-state index in [1.165, 1.54) is 5.56 Å². The topological polar surface area (TPSA) is 66.4 Å². The van der Waals surface area contributed by atoms with E-state index in [2.05, 4.69) is 5.32 Å². The van der Waals surface area contributed by atoms with Crippen molar-refractivity contribution in [3.8, 4) is 0 Å². The normalized spacial score (nSPS) is 30.3. The van der Waals surface area contributed by atoms with Gasteiger partial charge in [0.1, 0.15) is 0 Å². The molecule has 2 fully saturated rings. The highest BCUT2D eigenvalue weighted by Gasteiger charge is 2.53. The first kappa shape index (κ1) is 14.1. The maximum atomic E-state index is 12.4. The Labute approximate surface area is 124 Å². The zero-order chi connectivity index (χ0) is 15.0. The van der Waals surface area contributed by atoms with Gasteiger partial charge in [0.25, 0.3) is 0 Å². The van der Waals surface area contributed by atoms with E-state index in [1.54, 1.807) is 0 Å². The molecule has 4 atom stereocenters. The SMILES string of the molecule is Cc1ccc(CNC(=O)[C@H]2[C@H]3CC[C@@H](C3)[C@H]2C(=O)O)cc1. The number of amides is 1. The summed E-state index contributed by atoms with van der Waals surface area (Å²) < 4.78 is 0. The van der Waals surface area contributed by atoms with Crippen LogP contribution in [0.15, 0.2) is 24.3 Å². The van der Waals surface area contributed by atoms with E-state index in [0.717, 1.165) is 24.8 Å². The fourth-order valence-corrected chi connectivity index (χ4v) is 4.04. The summed E-state index contributed by atoms with van der Waals surface area (Å²) in [5.41, 5.74) is 2.23. The van der Waals surface area contributed by atoms with Gasteiger partial charge in [-0.2, -0.15) is 0 Å². The quantitative estimate of drug-likeness (QED) is 0.893. The van der Waals surface area contributed by atoms with E-state index in [1.807, 2.05) is 31.2 Å². The highest BCUT2D eigenvalue weighted by atomic mass is 16.4. The van der Waals surface area contributed by atoms with E-state index in [9.17, 15) is 14.7 Å². The third kappa shape index (κ3) is 2.67. The minimum atomic E-state index is -0.808. The van der Waals surface area contributed by atoms with Gasteiger partial charge in [-0.05, 0) is 43.6 Å². The number of aryl methyl sites for hydroxylation is 1. The average Bonchev–Trinajstić information content (AvgIpc) is 3.06. The Morgan fingerprint density at radius 2 is 1.76 bits per heavy atom. The number of nitrogens with one attached hydrogen (secondary N) is 1. The monoisotopic (exact) mass is 287 g/mol. The van der Waals surface area contributed by atoms with Crippen LogP contribution in [0.1, 0.15) is 30.4 Å². The minimum absolute atomic E-state index is 0.0878. The second kappa shape index (κ2) is 5.51. The van der Waals surface area contributed by atoms with Gasteiger partial charge in [0, 0.05) is 6.54 Å². The molecule has 4 nitrogen and oxygen atoms in total. The first-order chi connectivity index (χ1) is 10.1. The van der Waals surface area contributed by atoms with Gasteiger partial charge in [0.05, 0.1) is 11.8 Å². The van der Waals surface area contributed by atoms with Crippen LogP contribution in [0.5, 0.6) is 0 Å². The van der Waals surface area contributed by atoms with E-state index in [4.69, 9.17) is 0 Å². The molecule has 0 aromatic heterocycles. The van der Waals surface area contributed by atoms with Crippen LogP contribution < -0.4 is 5.32 Å². The lowest BCUT2D eigenvalue weighted by Gasteiger charge is -2.27. The number of carboxylic acids is 1. The van der Waals surface area contributed by atoms with Gasteiger partial charge in [-0.15, -0.1) is 0 Å². The summed E-state index contributed by atoms with van der Waals surface area (Å²) in [5, 5.41) is 12.3. The van der Waals surface area contributed by atoms with Gasteiger partial charge in [0.15, 0.2) is 0 Å². The molecule has 1 aromatic carbocycles. The number of carbonyl (C=O) groups excluding carboxylic acids is 1. The number of aliphatic carboxylic acids is 1. The molecule has 0 saturated heterocycles. The summed E-state index contributed by atoms with van der Waals surface area (Å²) in [7, 11) is 0. The number of carboxylic acid groups (broad SMARTS) is 1. The molecule has 21 heavy (non-hydrogen) atoms. The molecule has 2 aliphatic rings. The van der Waals surface area contributed by atoms with E-state index < -0.39 is 11.9 Å². The lowest BCUT2D eigenvalue weighted by Crippen LogP contribution is -2.41. The Morgan fingerprint density at radius 1 is 1.14 bits per heavy atom. The Kier molecular flexibility index (Phi) is 3.70. The first-order valence-corrected chi connectivity index (χ1v) is 7.62. The highest BCUT2D eigenvalue weighted by Crippen LogP contribution is 2.52. The largest absolute Gasteiger partial charge is 0.481 e. The Hall–Kier alpha value is -1.84. The van der Waals surface area contributed by atoms with Gasteiger partial charge in [-0.25, -0.2) is 0 Å². The third-order valence-corrected chi connectivity index (χ3v) is 5.09. The van der Waals surface area contributed by atoms with Crippen molar-refractivity contribution in [3.63, 3.8) is 0 Å². The fourth-order valence-electron chi connectivity index (χ4n) is 4.04. The maximum Gasteiger partial charge on any atom is 0.307 e. The summed E-state index contributed by atoms with van der Waals surface area (Å²) in [6.45, 7) is 2.49. The van der Waals surface area contributed by atoms with Crippen LogP contribution in [0.3, 0.4) is 0 Å². The molecular weight excluding hydrogens is 266 g/mol. The van der Waals surface area contributed by atoms with Crippen molar-refractivity contribution in [2.45, 2.75) is 32.7 Å². The molecule has 0 heterocycles. The van der Waals surface area contributed by atoms with Crippen molar-refractivity contribution in [1.29, 1.82) is 0 Å². The molecule has 0 radical (unpaired) electrons. The van der Waals surface area contributed by atoms with Crippen molar-refractivity contribution >= 4 is 11.9 Å². The number of fused-ring (bicyclic) bond motifs is 2. The molecule has 4 heteroatoms. The molecule has 2 N–H and O–H groups in total. The van der Waals surface area contributed by atoms with Gasteiger partial charge in [0.2, 0.25) is 5.91 Å². The zero-order valence-corrected chi connectivity index (χ0v) is 12.2. The predicted octanol–water partition coefficient (Wildman–Crippen LogP) is 2.36. The highest BCUT2D eigenvalue weighted by molar-refractivity contribution is 5.86. The second-order valence-electron chi connectivity index (χ2n) is 6.43. The van der Waals surface area contributed by atoms with Gasteiger partial charge < -0.3 is 10.4 Å². The molecule has 2 bridgehead atoms. The molecule has 3 rings (SSSR count). The molecular formula is C17H21NO3. The van der Waals surface area contributed by atoms with Crippen LogP contribution in [0, 0.1) is 30.6 Å². The van der Waals surface area contributed by atoms with Gasteiger partial charge in [-0.1, -0.05) is 29.8 Å². The second-order valence-corrected chi connectivity index (χ2v) is 6.43. The van der Waals surface area contributed by atoms with E-state index >= 15 is 0 Å². The Bertz CT molecular complexity index is 552. The third-order valence-electron chi connectivity index (χ3n) is 5.09. The minimum Gasteiger partial charge on any atom is -0.481 e. The number of hydrogen-bond donors (Lipinski definition) is 2. The van der Waals surface area contributed by atoms with Crippen LogP contribution in [-0.4, -0.2) is 17.0 Å². The summed E-state index contributed by atoms with van der Waals surface area (Å²) >= 11 is 0. The van der Waals surface area contributed by atoms with Crippen molar-refractivity contribution in [2.24, 2.45) is 23.7 Å². The van der Waals surface area contributed by atoms with Crippen molar-refractivity contribution in [3.05, 3.63) is 35.4 Å². The molecule has 1 aromatic rings. The predicted molar refractivity (Wildman–Crippen MR) is 78.5 cm³/mol. The van der Waals surface area contributed by atoms with E-state index in [-0.39, 0.29) is 23.7 Å². The molecule has 2 aliphatic carbocycles. The van der Waals surface area contributed by atoms with Crippen LogP contribution in [0.2, 0.25) is 0 Å². The van der Waals surface area contributed by atoms with Crippen LogP contribution in [0.25, 0.3) is 0 Å².